The minimum absolute atomic E-state index is 0.0437. The van der Waals surface area contributed by atoms with Crippen molar-refractivity contribution in [2.45, 2.75) is 70.3 Å². The quantitative estimate of drug-likeness (QED) is 0.402. The summed E-state index contributed by atoms with van der Waals surface area (Å²) in [7, 11) is 0. The second-order valence-corrected chi connectivity index (χ2v) is 13.2. The summed E-state index contributed by atoms with van der Waals surface area (Å²) >= 11 is 0.838. The number of nitrogens with zero attached hydrogens (tertiary/aromatic N) is 6. The number of aromatic nitrogens is 5. The maximum Gasteiger partial charge on any atom is 0.367 e. The monoisotopic (exact) mass is 599 g/mol. The van der Waals surface area contributed by atoms with Crippen LogP contribution in [-0.2, 0) is 22.6 Å². The van der Waals surface area contributed by atoms with Crippen molar-refractivity contribution in [2.24, 2.45) is 5.92 Å². The molecule has 3 aromatic rings. The lowest BCUT2D eigenvalue weighted by Gasteiger charge is -2.41. The predicted octanol–water partition coefficient (Wildman–Crippen LogP) is 3.81. The molecule has 3 aromatic heterocycles. The zero-order valence-electron chi connectivity index (χ0n) is 23.9. The highest BCUT2D eigenvalue weighted by Crippen LogP contribution is 2.43. The molecule has 2 aliphatic heterocycles. The topological polar surface area (TPSA) is 146 Å². The predicted molar refractivity (Wildman–Crippen MR) is 154 cm³/mol. The third-order valence-electron chi connectivity index (χ3n) is 8.81. The van der Waals surface area contributed by atoms with Crippen molar-refractivity contribution in [3.05, 3.63) is 34.1 Å². The molecule has 0 bridgehead atoms. The van der Waals surface area contributed by atoms with E-state index in [1.54, 1.807) is 6.20 Å². The molecule has 0 saturated carbocycles. The van der Waals surface area contributed by atoms with Crippen LogP contribution in [0.1, 0.15) is 73.8 Å². The van der Waals surface area contributed by atoms with Gasteiger partial charge in [-0.3, -0.25) is 20.0 Å². The maximum atomic E-state index is 15.3. The fourth-order valence-corrected chi connectivity index (χ4v) is 7.16. The molecule has 42 heavy (non-hydrogen) atoms. The van der Waals surface area contributed by atoms with Gasteiger partial charge in [0.2, 0.25) is 5.95 Å². The number of thiazole rings is 1. The number of anilines is 2. The number of rotatable bonds is 5. The molecule has 2 saturated heterocycles. The number of H-pyrrole nitrogens is 1. The number of amides is 2. The van der Waals surface area contributed by atoms with E-state index in [0.717, 1.165) is 54.1 Å². The smallest absolute Gasteiger partial charge is 0.367 e. The molecule has 0 aromatic carbocycles. The number of nitrogen functional groups attached to an aromatic ring is 1. The number of carbonyl (C=O) groups excluding carboxylic acids is 2. The van der Waals surface area contributed by atoms with E-state index in [9.17, 15) is 9.59 Å². The summed E-state index contributed by atoms with van der Waals surface area (Å²) in [6.45, 7) is 8.84. The number of halogens is 2. The van der Waals surface area contributed by atoms with E-state index in [-0.39, 0.29) is 16.8 Å². The van der Waals surface area contributed by atoms with Gasteiger partial charge in [-0.25, -0.2) is 15.0 Å². The Bertz CT molecular complexity index is 1500. The zero-order chi connectivity index (χ0) is 29.8. The number of piperidine rings is 2. The number of likely N-dealkylation sites (tertiary alicyclic amines) is 2. The second kappa shape index (κ2) is 10.6. The van der Waals surface area contributed by atoms with Crippen LogP contribution in [0.15, 0.2) is 11.6 Å². The van der Waals surface area contributed by atoms with Crippen LogP contribution in [0, 0.1) is 5.92 Å². The molecule has 3 aliphatic rings. The lowest BCUT2D eigenvalue weighted by atomic mass is 9.73. The Morgan fingerprint density at radius 1 is 1.14 bits per heavy atom. The van der Waals surface area contributed by atoms with Gasteiger partial charge < -0.3 is 15.5 Å². The minimum atomic E-state index is -3.80. The van der Waals surface area contributed by atoms with Gasteiger partial charge in [0.1, 0.15) is 5.69 Å². The van der Waals surface area contributed by atoms with Gasteiger partial charge in [0.25, 0.3) is 11.8 Å². The average molecular weight is 600 g/mol. The van der Waals surface area contributed by atoms with Gasteiger partial charge in [-0.15, -0.1) is 11.3 Å². The Morgan fingerprint density at radius 2 is 1.86 bits per heavy atom. The Balaban J connectivity index is 1.13. The van der Waals surface area contributed by atoms with Crippen molar-refractivity contribution in [1.29, 1.82) is 0 Å². The Morgan fingerprint density at radius 3 is 2.57 bits per heavy atom. The summed E-state index contributed by atoms with van der Waals surface area (Å²) in [5, 5.41) is 10.8. The van der Waals surface area contributed by atoms with Crippen molar-refractivity contribution >= 4 is 34.2 Å². The molecule has 6 rings (SSSR count). The van der Waals surface area contributed by atoms with Crippen molar-refractivity contribution < 1.29 is 18.4 Å². The van der Waals surface area contributed by atoms with E-state index in [1.165, 1.54) is 4.90 Å². The largest absolute Gasteiger partial charge is 0.368 e. The lowest BCUT2D eigenvalue weighted by molar-refractivity contribution is -0.161. The minimum Gasteiger partial charge on any atom is -0.368 e. The summed E-state index contributed by atoms with van der Waals surface area (Å²) in [5.74, 6) is -4.83. The lowest BCUT2D eigenvalue weighted by Crippen LogP contribution is -2.51. The number of alkyl halides is 2. The van der Waals surface area contributed by atoms with Crippen molar-refractivity contribution in [1.82, 2.24) is 34.9 Å². The summed E-state index contributed by atoms with van der Waals surface area (Å²) in [4.78, 5) is 42.2. The summed E-state index contributed by atoms with van der Waals surface area (Å²) in [6.07, 6.45) is 5.89. The van der Waals surface area contributed by atoms with Gasteiger partial charge in [0.15, 0.2) is 10.8 Å². The Hall–Kier alpha value is -3.52. The standard InChI is InChI=1S/C28H35F2N9O2S/c1-15-4-8-38(9-5-15)17-6-10-39(11-7-17)24(41)28(29,30)18-14-42-26(33-18)35-23(40)22-19-21(36-37-22)20-16(12-27(19,2)3)13-32-25(31)34-20/h13-15,17H,4-12H2,1-3H3,(H,36,37)(H2,31,32,34)(H,33,35,40). The number of nitrogens with one attached hydrogen (secondary N) is 2. The van der Waals surface area contributed by atoms with Gasteiger partial charge in [-0.1, -0.05) is 20.8 Å². The van der Waals surface area contributed by atoms with Crippen LogP contribution < -0.4 is 11.1 Å². The van der Waals surface area contributed by atoms with Crippen LogP contribution in [0.3, 0.4) is 0 Å². The van der Waals surface area contributed by atoms with Crippen molar-refractivity contribution in [3.8, 4) is 11.4 Å². The molecule has 0 atom stereocenters. The number of nitrogens with two attached hydrogens (primary N) is 1. The number of aromatic amines is 1. The van der Waals surface area contributed by atoms with E-state index in [2.05, 4.69) is 42.3 Å². The molecule has 0 unspecified atom stereocenters. The first kappa shape index (κ1) is 28.6. The highest BCUT2D eigenvalue weighted by molar-refractivity contribution is 7.14. The fourth-order valence-electron chi connectivity index (χ4n) is 6.43. The van der Waals surface area contributed by atoms with Crippen LogP contribution in [0.5, 0.6) is 0 Å². The first-order valence-electron chi connectivity index (χ1n) is 14.3. The van der Waals surface area contributed by atoms with Crippen LogP contribution in [-0.4, -0.2) is 79.0 Å². The van der Waals surface area contributed by atoms with Crippen LogP contribution in [0.4, 0.5) is 19.9 Å². The number of hydrogen-bond donors (Lipinski definition) is 3. The van der Waals surface area contributed by atoms with Gasteiger partial charge in [-0.05, 0) is 62.1 Å². The summed E-state index contributed by atoms with van der Waals surface area (Å²) in [6, 6.07) is 0.326. The van der Waals surface area contributed by atoms with Crippen LogP contribution in [0.2, 0.25) is 0 Å². The Kier molecular flexibility index (Phi) is 7.24. The third kappa shape index (κ3) is 5.14. The molecule has 0 radical (unpaired) electrons. The van der Waals surface area contributed by atoms with E-state index in [1.807, 2.05) is 13.8 Å². The molecule has 2 fully saturated rings. The van der Waals surface area contributed by atoms with E-state index in [0.29, 0.717) is 55.3 Å². The summed E-state index contributed by atoms with van der Waals surface area (Å²) in [5.41, 5.74) is 7.40. The number of hydrogen-bond acceptors (Lipinski definition) is 9. The fraction of sp³-hybridized carbons (Fsp3) is 0.571. The average Bonchev–Trinajstić information content (AvgIpc) is 3.63. The first-order chi connectivity index (χ1) is 19.9. The zero-order valence-corrected chi connectivity index (χ0v) is 24.7. The third-order valence-corrected chi connectivity index (χ3v) is 9.57. The van der Waals surface area contributed by atoms with E-state index in [4.69, 9.17) is 5.73 Å². The van der Waals surface area contributed by atoms with Gasteiger partial charge in [-0.2, -0.15) is 13.9 Å². The number of fused-ring (bicyclic) bond motifs is 3. The normalized spacial score (nSPS) is 19.8. The molecule has 4 N–H and O–H groups in total. The Labute approximate surface area is 246 Å². The molecule has 224 valence electrons. The molecular formula is C28H35F2N9O2S. The molecule has 2 amide bonds. The molecule has 5 heterocycles. The molecule has 1 aliphatic carbocycles. The maximum absolute atomic E-state index is 15.3. The molecule has 11 nitrogen and oxygen atoms in total. The SMILES string of the molecule is CC1CCN(C2CCN(C(=O)C(F)(F)c3csc(NC(=O)c4n[nH]c5c4C(C)(C)Cc4cnc(N)nc4-5)n3)CC2)CC1. The van der Waals surface area contributed by atoms with Gasteiger partial charge in [0, 0.05) is 36.3 Å². The number of carbonyl (C=O) groups is 2. The highest BCUT2D eigenvalue weighted by Gasteiger charge is 2.47. The molecule has 0 spiro atoms. The van der Waals surface area contributed by atoms with Crippen LogP contribution in [0.25, 0.3) is 11.4 Å². The van der Waals surface area contributed by atoms with Crippen LogP contribution >= 0.6 is 11.3 Å². The van der Waals surface area contributed by atoms with Crippen molar-refractivity contribution in [3.63, 3.8) is 0 Å². The molecular weight excluding hydrogens is 564 g/mol. The van der Waals surface area contributed by atoms with Gasteiger partial charge in [0.05, 0.1) is 11.4 Å². The first-order valence-corrected chi connectivity index (χ1v) is 15.2. The van der Waals surface area contributed by atoms with Crippen molar-refractivity contribution in [2.75, 3.05) is 37.2 Å². The van der Waals surface area contributed by atoms with E-state index >= 15 is 8.78 Å². The van der Waals surface area contributed by atoms with E-state index < -0.39 is 28.8 Å². The van der Waals surface area contributed by atoms with Gasteiger partial charge >= 0.3 is 5.92 Å². The molecule has 14 heteroatoms. The summed E-state index contributed by atoms with van der Waals surface area (Å²) < 4.78 is 30.7. The highest BCUT2D eigenvalue weighted by atomic mass is 32.1. The second-order valence-electron chi connectivity index (χ2n) is 12.3.